The van der Waals surface area contributed by atoms with Crippen molar-refractivity contribution in [2.24, 2.45) is 0 Å². The van der Waals surface area contributed by atoms with Crippen LogP contribution in [-0.4, -0.2) is 46.4 Å². The second-order valence-corrected chi connectivity index (χ2v) is 7.43. The molecule has 0 saturated carbocycles. The van der Waals surface area contributed by atoms with Gasteiger partial charge < -0.3 is 5.32 Å². The zero-order valence-electron chi connectivity index (χ0n) is 17.2. The third-order valence-electron chi connectivity index (χ3n) is 4.91. The van der Waals surface area contributed by atoms with Crippen molar-refractivity contribution in [2.75, 3.05) is 5.32 Å². The maximum absolute atomic E-state index is 13.1. The van der Waals surface area contributed by atoms with Crippen molar-refractivity contribution >= 4 is 39.8 Å². The number of benzene rings is 1. The van der Waals surface area contributed by atoms with Crippen LogP contribution in [0.2, 0.25) is 5.02 Å². The van der Waals surface area contributed by atoms with Crippen LogP contribution >= 0.6 is 11.6 Å². The van der Waals surface area contributed by atoms with Gasteiger partial charge in [0.15, 0.2) is 11.6 Å². The molecule has 162 valence electrons. The molecule has 0 unspecified atom stereocenters. The number of carbonyl (C=O) groups is 2. The Bertz CT molecular complexity index is 1510. The molecule has 10 nitrogen and oxygen atoms in total. The summed E-state index contributed by atoms with van der Waals surface area (Å²) in [6, 6.07) is 10.4. The Hall–Kier alpha value is -4.44. The molecular weight excluding hydrogens is 444 g/mol. The molecule has 0 saturated heterocycles. The van der Waals surface area contributed by atoms with E-state index in [0.29, 0.717) is 28.3 Å². The smallest absolute Gasteiger partial charge is 0.274 e. The number of rotatable bonds is 5. The lowest BCUT2D eigenvalue weighted by molar-refractivity contribution is 0.100. The first-order chi connectivity index (χ1) is 16.0. The molecule has 11 heteroatoms. The van der Waals surface area contributed by atoms with E-state index in [1.165, 1.54) is 41.2 Å². The number of pyridine rings is 2. The number of hydrogen-bond donors (Lipinski definition) is 1. The molecule has 5 rings (SSSR count). The van der Waals surface area contributed by atoms with Gasteiger partial charge in [-0.25, -0.2) is 9.67 Å². The largest absolute Gasteiger partial charge is 0.319 e. The number of halogens is 1. The van der Waals surface area contributed by atoms with Crippen LogP contribution in [0.25, 0.3) is 22.3 Å². The third-order valence-corrected chi connectivity index (χ3v) is 5.19. The van der Waals surface area contributed by atoms with Gasteiger partial charge in [-0.3, -0.25) is 14.6 Å². The number of Topliss-reactive ketones (excluding diaryl/α,β-unsaturated/α-hetero) is 1. The number of nitrogens with zero attached hydrogens (tertiary/aromatic N) is 7. The molecule has 1 N–H and O–H groups in total. The van der Waals surface area contributed by atoms with Crippen LogP contribution < -0.4 is 5.32 Å². The van der Waals surface area contributed by atoms with Crippen molar-refractivity contribution in [1.29, 1.82) is 0 Å². The molecule has 0 radical (unpaired) electrons. The van der Waals surface area contributed by atoms with E-state index in [9.17, 15) is 9.59 Å². The zero-order chi connectivity index (χ0) is 22.9. The number of carbonyl (C=O) groups excluding carboxylic acids is 2. The van der Waals surface area contributed by atoms with E-state index in [2.05, 4.69) is 30.6 Å². The number of nitrogens with one attached hydrogen (secondary N) is 1. The normalized spacial score (nSPS) is 11.0. The summed E-state index contributed by atoms with van der Waals surface area (Å²) >= 11 is 6.30. The first kappa shape index (κ1) is 20.5. The zero-order valence-corrected chi connectivity index (χ0v) is 17.9. The number of hydrogen-bond acceptors (Lipinski definition) is 7. The molecule has 33 heavy (non-hydrogen) atoms. The monoisotopic (exact) mass is 458 g/mol. The quantitative estimate of drug-likeness (QED) is 0.400. The Morgan fingerprint density at radius 2 is 1.76 bits per heavy atom. The lowest BCUT2D eigenvalue weighted by Crippen LogP contribution is -2.17. The molecule has 1 amide bonds. The number of amides is 1. The van der Waals surface area contributed by atoms with Crippen LogP contribution in [0.5, 0.6) is 0 Å². The standard InChI is InChI=1S/C22H15ClN8O2/c1-13(32)20-16-3-2-4-18(15(16)5-7-24-20)30-19(6-8-26-30)22(33)29-14-11-17(23)21(25-12-14)31-27-9-10-28-31/h2-12H,1H3,(H,29,33). The lowest BCUT2D eigenvalue weighted by Gasteiger charge is -2.12. The van der Waals surface area contributed by atoms with Crippen LogP contribution in [0.3, 0.4) is 0 Å². The summed E-state index contributed by atoms with van der Waals surface area (Å²) in [5, 5.41) is 16.8. The molecule has 1 aromatic carbocycles. The molecule has 0 spiro atoms. The topological polar surface area (TPSA) is 120 Å². The SMILES string of the molecule is CC(=O)c1nccc2c(-n3nccc3C(=O)Nc3cnc(-n4nccn4)c(Cl)c3)cccc12. The van der Waals surface area contributed by atoms with Crippen molar-refractivity contribution in [3.8, 4) is 11.5 Å². The lowest BCUT2D eigenvalue weighted by atomic mass is 10.1. The Morgan fingerprint density at radius 3 is 2.52 bits per heavy atom. The van der Waals surface area contributed by atoms with Crippen LogP contribution in [-0.2, 0) is 0 Å². The van der Waals surface area contributed by atoms with Gasteiger partial charge in [0.2, 0.25) is 0 Å². The van der Waals surface area contributed by atoms with E-state index in [0.717, 1.165) is 5.39 Å². The van der Waals surface area contributed by atoms with Gasteiger partial charge in [-0.2, -0.15) is 15.3 Å². The highest BCUT2D eigenvalue weighted by Crippen LogP contribution is 2.26. The first-order valence-electron chi connectivity index (χ1n) is 9.79. The average Bonchev–Trinajstić information content (AvgIpc) is 3.51. The number of fused-ring (bicyclic) bond motifs is 1. The summed E-state index contributed by atoms with van der Waals surface area (Å²) in [5.41, 5.74) is 1.69. The molecule has 0 fully saturated rings. The molecule has 4 aromatic heterocycles. The predicted octanol–water partition coefficient (Wildman–Crippen LogP) is 3.50. The van der Waals surface area contributed by atoms with E-state index < -0.39 is 5.91 Å². The molecule has 0 aliphatic heterocycles. The first-order valence-corrected chi connectivity index (χ1v) is 10.2. The minimum Gasteiger partial charge on any atom is -0.319 e. The summed E-state index contributed by atoms with van der Waals surface area (Å²) in [6.07, 6.45) is 7.58. The Balaban J connectivity index is 1.49. The molecule has 0 aliphatic carbocycles. The molecule has 0 bridgehead atoms. The van der Waals surface area contributed by atoms with Crippen molar-refractivity contribution in [3.05, 3.63) is 83.8 Å². The number of aromatic nitrogens is 7. The van der Waals surface area contributed by atoms with Gasteiger partial charge in [-0.15, -0.1) is 4.80 Å². The highest BCUT2D eigenvalue weighted by Gasteiger charge is 2.18. The Kier molecular flexibility index (Phi) is 5.11. The Labute approximate surface area is 191 Å². The molecule has 0 aliphatic rings. The van der Waals surface area contributed by atoms with Gasteiger partial charge >= 0.3 is 0 Å². The molecule has 5 aromatic rings. The van der Waals surface area contributed by atoms with Gasteiger partial charge in [0.05, 0.1) is 41.2 Å². The maximum Gasteiger partial charge on any atom is 0.274 e. The van der Waals surface area contributed by atoms with Gasteiger partial charge in [-0.1, -0.05) is 23.7 Å². The van der Waals surface area contributed by atoms with E-state index in [1.807, 2.05) is 12.1 Å². The van der Waals surface area contributed by atoms with Gasteiger partial charge in [0.25, 0.3) is 5.91 Å². The van der Waals surface area contributed by atoms with E-state index >= 15 is 0 Å². The average molecular weight is 459 g/mol. The summed E-state index contributed by atoms with van der Waals surface area (Å²) < 4.78 is 1.51. The summed E-state index contributed by atoms with van der Waals surface area (Å²) in [7, 11) is 0. The fourth-order valence-corrected chi connectivity index (χ4v) is 3.73. The number of anilines is 1. The highest BCUT2D eigenvalue weighted by molar-refractivity contribution is 6.32. The summed E-state index contributed by atoms with van der Waals surface area (Å²) in [6.45, 7) is 1.47. The fraction of sp³-hybridized carbons (Fsp3) is 0.0455. The van der Waals surface area contributed by atoms with Gasteiger partial charge in [0, 0.05) is 23.9 Å². The van der Waals surface area contributed by atoms with Crippen LogP contribution in [0.1, 0.15) is 27.9 Å². The van der Waals surface area contributed by atoms with Crippen LogP contribution in [0.4, 0.5) is 5.69 Å². The van der Waals surface area contributed by atoms with Crippen molar-refractivity contribution in [2.45, 2.75) is 6.92 Å². The van der Waals surface area contributed by atoms with E-state index in [1.54, 1.807) is 30.5 Å². The fourth-order valence-electron chi connectivity index (χ4n) is 3.49. The van der Waals surface area contributed by atoms with Gasteiger partial charge in [-0.05, 0) is 24.3 Å². The van der Waals surface area contributed by atoms with Crippen molar-refractivity contribution in [1.82, 2.24) is 34.7 Å². The molecular formula is C22H15ClN8O2. The second-order valence-electron chi connectivity index (χ2n) is 7.02. The van der Waals surface area contributed by atoms with E-state index in [-0.39, 0.29) is 16.5 Å². The molecule has 4 heterocycles. The number of ketones is 1. The predicted molar refractivity (Wildman–Crippen MR) is 121 cm³/mol. The van der Waals surface area contributed by atoms with Crippen molar-refractivity contribution in [3.63, 3.8) is 0 Å². The van der Waals surface area contributed by atoms with Crippen molar-refractivity contribution < 1.29 is 9.59 Å². The maximum atomic E-state index is 13.1. The summed E-state index contributed by atoms with van der Waals surface area (Å²) in [4.78, 5) is 34.8. The van der Waals surface area contributed by atoms with Crippen LogP contribution in [0.15, 0.2) is 67.4 Å². The minimum absolute atomic E-state index is 0.144. The Morgan fingerprint density at radius 1 is 0.939 bits per heavy atom. The van der Waals surface area contributed by atoms with Gasteiger partial charge in [0.1, 0.15) is 11.4 Å². The third kappa shape index (κ3) is 3.72. The van der Waals surface area contributed by atoms with E-state index in [4.69, 9.17) is 11.6 Å². The summed E-state index contributed by atoms with van der Waals surface area (Å²) in [5.74, 6) is -0.210. The highest BCUT2D eigenvalue weighted by atomic mass is 35.5. The minimum atomic E-state index is -0.409. The van der Waals surface area contributed by atoms with Crippen LogP contribution in [0, 0.1) is 0 Å². The molecule has 0 atom stereocenters. The second kappa shape index (κ2) is 8.24.